The molecule has 1 N–H and O–H groups in total. The van der Waals surface area contributed by atoms with Crippen molar-refractivity contribution in [3.05, 3.63) is 52.8 Å². The van der Waals surface area contributed by atoms with Gasteiger partial charge in [0.1, 0.15) is 17.7 Å². The van der Waals surface area contributed by atoms with E-state index in [1.54, 1.807) is 17.9 Å². The van der Waals surface area contributed by atoms with Crippen LogP contribution in [0.4, 0.5) is 4.39 Å². The minimum Gasteiger partial charge on any atom is -0.487 e. The molecule has 6 nitrogen and oxygen atoms in total. The Balaban J connectivity index is 1.45. The Morgan fingerprint density at radius 2 is 1.82 bits per heavy atom. The van der Waals surface area contributed by atoms with Crippen LogP contribution in [0.15, 0.2) is 30.3 Å². The van der Waals surface area contributed by atoms with E-state index in [2.05, 4.69) is 5.32 Å². The van der Waals surface area contributed by atoms with Gasteiger partial charge in [0.2, 0.25) is 11.8 Å². The summed E-state index contributed by atoms with van der Waals surface area (Å²) in [5, 5.41) is 3.00. The van der Waals surface area contributed by atoms with E-state index < -0.39 is 5.82 Å². The van der Waals surface area contributed by atoms with E-state index in [0.717, 1.165) is 11.1 Å². The van der Waals surface area contributed by atoms with Crippen molar-refractivity contribution in [2.75, 3.05) is 19.6 Å². The predicted octanol–water partition coefficient (Wildman–Crippen LogP) is 3.68. The summed E-state index contributed by atoms with van der Waals surface area (Å²) in [6, 6.07) is 8.25. The molecule has 0 aromatic heterocycles. The third-order valence-corrected chi connectivity index (χ3v) is 6.52. The summed E-state index contributed by atoms with van der Waals surface area (Å²) in [4.78, 5) is 37.7. The van der Waals surface area contributed by atoms with Crippen LogP contribution >= 0.6 is 0 Å². The smallest absolute Gasteiger partial charge is 0.223 e. The number of hydrogen-bond acceptors (Lipinski definition) is 4. The van der Waals surface area contributed by atoms with Crippen LogP contribution in [0.3, 0.4) is 0 Å². The fourth-order valence-corrected chi connectivity index (χ4v) is 4.67. The summed E-state index contributed by atoms with van der Waals surface area (Å²) >= 11 is 0. The predicted molar refractivity (Wildman–Crippen MR) is 123 cm³/mol. The number of rotatable bonds is 5. The van der Waals surface area contributed by atoms with Gasteiger partial charge in [0.15, 0.2) is 5.78 Å². The number of hydrogen-bond donors (Lipinski definition) is 1. The monoisotopic (exact) mass is 452 g/mol. The number of carbonyl (C=O) groups excluding carboxylic acids is 3. The van der Waals surface area contributed by atoms with E-state index in [4.69, 9.17) is 4.74 Å². The standard InChI is InChI=1S/C26H29FN2O4/c1-15-10-20-12-21(14-28-26(32)18-6-8-29(9-7-18)17(3)31)33-25(20)23(11-15)22-13-19(16(2)30)4-5-24(22)27/h4-5,10-11,13,18,21H,6-9,12,14H2,1-3H3,(H,28,32). The number of amides is 2. The molecule has 2 aliphatic rings. The number of halogens is 1. The molecule has 1 unspecified atom stereocenters. The second-order valence-electron chi connectivity index (χ2n) is 9.02. The Hall–Kier alpha value is -3.22. The van der Waals surface area contributed by atoms with Crippen LogP contribution in [0.2, 0.25) is 0 Å². The van der Waals surface area contributed by atoms with Crippen LogP contribution < -0.4 is 10.1 Å². The van der Waals surface area contributed by atoms with Gasteiger partial charge < -0.3 is 15.0 Å². The second kappa shape index (κ2) is 9.33. The number of nitrogens with one attached hydrogen (secondary N) is 1. The molecule has 1 fully saturated rings. The van der Waals surface area contributed by atoms with Crippen molar-refractivity contribution in [2.24, 2.45) is 5.92 Å². The van der Waals surface area contributed by atoms with Gasteiger partial charge in [0.05, 0.1) is 6.54 Å². The Kier molecular flexibility index (Phi) is 6.49. The average Bonchev–Trinajstić information content (AvgIpc) is 3.20. The molecular formula is C26H29FN2O4. The summed E-state index contributed by atoms with van der Waals surface area (Å²) in [5.74, 6) is -0.0159. The molecule has 2 aromatic carbocycles. The van der Waals surface area contributed by atoms with Crippen molar-refractivity contribution in [3.8, 4) is 16.9 Å². The normalized spacial score (nSPS) is 17.9. The average molecular weight is 453 g/mol. The van der Waals surface area contributed by atoms with E-state index in [1.165, 1.54) is 19.1 Å². The number of aryl methyl sites for hydroxylation is 1. The largest absolute Gasteiger partial charge is 0.487 e. The molecular weight excluding hydrogens is 423 g/mol. The van der Waals surface area contributed by atoms with Crippen molar-refractivity contribution in [2.45, 2.75) is 46.1 Å². The molecule has 1 saturated heterocycles. The highest BCUT2D eigenvalue weighted by Crippen LogP contribution is 2.41. The number of nitrogens with zero attached hydrogens (tertiary/aromatic N) is 1. The van der Waals surface area contributed by atoms with Gasteiger partial charge in [-0.25, -0.2) is 4.39 Å². The van der Waals surface area contributed by atoms with E-state index in [9.17, 15) is 18.8 Å². The minimum atomic E-state index is -0.412. The summed E-state index contributed by atoms with van der Waals surface area (Å²) in [5.41, 5.74) is 3.34. The fourth-order valence-electron chi connectivity index (χ4n) is 4.67. The van der Waals surface area contributed by atoms with Crippen LogP contribution in [0.1, 0.15) is 48.2 Å². The molecule has 0 aliphatic carbocycles. The Bertz CT molecular complexity index is 1110. The quantitative estimate of drug-likeness (QED) is 0.703. The van der Waals surface area contributed by atoms with Crippen molar-refractivity contribution < 1.29 is 23.5 Å². The number of ketones is 1. The van der Waals surface area contributed by atoms with Crippen molar-refractivity contribution in [1.82, 2.24) is 10.2 Å². The lowest BCUT2D eigenvalue weighted by atomic mass is 9.95. The number of carbonyl (C=O) groups is 3. The molecule has 0 spiro atoms. The SMILES string of the molecule is CC(=O)c1ccc(F)c(-c2cc(C)cc3c2OC(CNC(=O)C2CCN(C(C)=O)CC2)C3)c1. The van der Waals surface area contributed by atoms with Crippen LogP contribution in [0, 0.1) is 18.7 Å². The van der Waals surface area contributed by atoms with Crippen LogP contribution in [0.5, 0.6) is 5.75 Å². The Labute approximate surface area is 193 Å². The molecule has 2 aromatic rings. The van der Waals surface area contributed by atoms with Gasteiger partial charge in [-0.1, -0.05) is 6.07 Å². The third-order valence-electron chi connectivity index (χ3n) is 6.52. The number of fused-ring (bicyclic) bond motifs is 1. The lowest BCUT2D eigenvalue weighted by molar-refractivity contribution is -0.134. The van der Waals surface area contributed by atoms with Gasteiger partial charge in [0, 0.05) is 49.0 Å². The van der Waals surface area contributed by atoms with Crippen molar-refractivity contribution in [3.63, 3.8) is 0 Å². The lowest BCUT2D eigenvalue weighted by Crippen LogP contribution is -2.44. The highest BCUT2D eigenvalue weighted by atomic mass is 19.1. The number of likely N-dealkylation sites (tertiary alicyclic amines) is 1. The fraction of sp³-hybridized carbons (Fsp3) is 0.423. The maximum atomic E-state index is 14.7. The highest BCUT2D eigenvalue weighted by molar-refractivity contribution is 5.95. The highest BCUT2D eigenvalue weighted by Gasteiger charge is 2.30. The molecule has 7 heteroatoms. The molecule has 2 aliphatic heterocycles. The topological polar surface area (TPSA) is 75.7 Å². The van der Waals surface area contributed by atoms with Gasteiger partial charge in [-0.05, 0) is 62.1 Å². The molecule has 174 valence electrons. The summed E-state index contributed by atoms with van der Waals surface area (Å²) in [6.45, 7) is 6.51. The van der Waals surface area contributed by atoms with E-state index >= 15 is 0 Å². The molecule has 33 heavy (non-hydrogen) atoms. The zero-order valence-corrected chi connectivity index (χ0v) is 19.2. The second-order valence-corrected chi connectivity index (χ2v) is 9.02. The summed E-state index contributed by atoms with van der Waals surface area (Å²) in [7, 11) is 0. The molecule has 2 heterocycles. The first-order chi connectivity index (χ1) is 15.7. The van der Waals surface area contributed by atoms with E-state index in [1.807, 2.05) is 19.1 Å². The third kappa shape index (κ3) is 4.92. The number of piperidine rings is 1. The first-order valence-corrected chi connectivity index (χ1v) is 11.4. The van der Waals surface area contributed by atoms with Crippen molar-refractivity contribution >= 4 is 17.6 Å². The molecule has 1 atom stereocenters. The van der Waals surface area contributed by atoms with Gasteiger partial charge in [-0.15, -0.1) is 0 Å². The number of benzene rings is 2. The van der Waals surface area contributed by atoms with Crippen LogP contribution in [-0.4, -0.2) is 48.2 Å². The van der Waals surface area contributed by atoms with Crippen molar-refractivity contribution in [1.29, 1.82) is 0 Å². The maximum Gasteiger partial charge on any atom is 0.223 e. The van der Waals surface area contributed by atoms with Gasteiger partial charge in [-0.3, -0.25) is 14.4 Å². The Morgan fingerprint density at radius 1 is 1.09 bits per heavy atom. The summed E-state index contributed by atoms with van der Waals surface area (Å²) < 4.78 is 20.9. The maximum absolute atomic E-state index is 14.7. The van der Waals surface area contributed by atoms with Crippen LogP contribution in [-0.2, 0) is 16.0 Å². The van der Waals surface area contributed by atoms with Gasteiger partial charge in [-0.2, -0.15) is 0 Å². The number of ether oxygens (including phenoxy) is 1. The summed E-state index contributed by atoms with van der Waals surface area (Å²) in [6.07, 6.45) is 1.68. The zero-order chi connectivity index (χ0) is 23.7. The van der Waals surface area contributed by atoms with Crippen LogP contribution in [0.25, 0.3) is 11.1 Å². The first-order valence-electron chi connectivity index (χ1n) is 11.4. The van der Waals surface area contributed by atoms with Gasteiger partial charge >= 0.3 is 0 Å². The molecule has 2 amide bonds. The minimum absolute atomic E-state index is 0.0191. The Morgan fingerprint density at radius 3 is 2.48 bits per heavy atom. The molecule has 0 radical (unpaired) electrons. The molecule has 0 bridgehead atoms. The lowest BCUT2D eigenvalue weighted by Gasteiger charge is -2.30. The first kappa shape index (κ1) is 23.0. The van der Waals surface area contributed by atoms with Gasteiger partial charge in [0.25, 0.3) is 0 Å². The molecule has 4 rings (SSSR count). The van der Waals surface area contributed by atoms with E-state index in [0.29, 0.717) is 61.3 Å². The molecule has 0 saturated carbocycles. The zero-order valence-electron chi connectivity index (χ0n) is 19.2. The number of Topliss-reactive ketones (excluding diaryl/α,β-unsaturated/α-hetero) is 1. The van der Waals surface area contributed by atoms with E-state index in [-0.39, 0.29) is 29.6 Å².